The molecule has 0 radical (unpaired) electrons. The first-order chi connectivity index (χ1) is 6.82. The number of rotatable bonds is 1. The Labute approximate surface area is 90.2 Å². The van der Waals surface area contributed by atoms with Crippen molar-refractivity contribution in [3.63, 3.8) is 0 Å². The van der Waals surface area contributed by atoms with E-state index in [9.17, 15) is 4.79 Å². The highest BCUT2D eigenvalue weighted by atomic mass is 16.5. The van der Waals surface area contributed by atoms with Crippen LogP contribution in [0.15, 0.2) is 0 Å². The van der Waals surface area contributed by atoms with Crippen molar-refractivity contribution in [1.29, 1.82) is 0 Å². The standard InChI is InChI=1S/C10H20N2O3/c1-10(2,3)8-6-7(4-5-15-8)12(11)9(13)14/h7-8H,4-6,11H2,1-3H3,(H,13,14). The number of nitrogens with two attached hydrogens (primary N) is 1. The zero-order chi connectivity index (χ0) is 11.6. The number of hydrazine groups is 1. The van der Waals surface area contributed by atoms with Gasteiger partial charge in [-0.15, -0.1) is 0 Å². The van der Waals surface area contributed by atoms with E-state index in [1.165, 1.54) is 0 Å². The monoisotopic (exact) mass is 216 g/mol. The minimum absolute atomic E-state index is 0.0258. The number of carboxylic acid groups (broad SMARTS) is 1. The van der Waals surface area contributed by atoms with E-state index in [-0.39, 0.29) is 17.6 Å². The second kappa shape index (κ2) is 4.37. The molecule has 15 heavy (non-hydrogen) atoms. The predicted octanol–water partition coefficient (Wildman–Crippen LogP) is 1.43. The maximum absolute atomic E-state index is 10.7. The lowest BCUT2D eigenvalue weighted by Gasteiger charge is -2.39. The van der Waals surface area contributed by atoms with Gasteiger partial charge in [-0.2, -0.15) is 0 Å². The molecule has 0 spiro atoms. The van der Waals surface area contributed by atoms with Crippen molar-refractivity contribution in [2.75, 3.05) is 6.61 Å². The number of ether oxygens (including phenoxy) is 1. The fraction of sp³-hybridized carbons (Fsp3) is 0.900. The second-order valence-corrected chi connectivity index (χ2v) is 5.09. The Morgan fingerprint density at radius 2 is 2.13 bits per heavy atom. The fourth-order valence-electron chi connectivity index (χ4n) is 1.79. The summed E-state index contributed by atoms with van der Waals surface area (Å²) in [4.78, 5) is 10.7. The molecule has 2 unspecified atom stereocenters. The predicted molar refractivity (Wildman–Crippen MR) is 56.3 cm³/mol. The van der Waals surface area contributed by atoms with Crippen LogP contribution in [-0.2, 0) is 4.74 Å². The van der Waals surface area contributed by atoms with Crippen molar-refractivity contribution in [1.82, 2.24) is 5.01 Å². The van der Waals surface area contributed by atoms with Crippen molar-refractivity contribution < 1.29 is 14.6 Å². The minimum Gasteiger partial charge on any atom is -0.464 e. The molecule has 2 atom stereocenters. The van der Waals surface area contributed by atoms with E-state index in [1.807, 2.05) is 0 Å². The zero-order valence-electron chi connectivity index (χ0n) is 9.56. The summed E-state index contributed by atoms with van der Waals surface area (Å²) in [6.07, 6.45) is 0.345. The van der Waals surface area contributed by atoms with Crippen molar-refractivity contribution in [2.45, 2.75) is 45.8 Å². The highest BCUT2D eigenvalue weighted by molar-refractivity contribution is 5.64. The van der Waals surface area contributed by atoms with E-state index in [4.69, 9.17) is 15.7 Å². The minimum atomic E-state index is -1.07. The lowest BCUT2D eigenvalue weighted by molar-refractivity contribution is -0.0736. The summed E-state index contributed by atoms with van der Waals surface area (Å²) in [6.45, 7) is 6.83. The third kappa shape index (κ3) is 3.07. The van der Waals surface area contributed by atoms with Crippen molar-refractivity contribution in [3.8, 4) is 0 Å². The third-order valence-corrected chi connectivity index (χ3v) is 2.84. The van der Waals surface area contributed by atoms with Gasteiger partial charge in [-0.25, -0.2) is 15.6 Å². The Kier molecular flexibility index (Phi) is 3.57. The quantitative estimate of drug-likeness (QED) is 0.395. The van der Waals surface area contributed by atoms with Gasteiger partial charge in [-0.05, 0) is 18.3 Å². The summed E-state index contributed by atoms with van der Waals surface area (Å²) in [5.74, 6) is 5.47. The summed E-state index contributed by atoms with van der Waals surface area (Å²) in [6, 6.07) is -0.125. The van der Waals surface area contributed by atoms with Gasteiger partial charge in [0.2, 0.25) is 0 Å². The molecule has 0 aromatic heterocycles. The van der Waals surface area contributed by atoms with Crippen molar-refractivity contribution in [3.05, 3.63) is 0 Å². The molecule has 1 saturated heterocycles. The van der Waals surface area contributed by atoms with Crippen molar-refractivity contribution in [2.24, 2.45) is 11.3 Å². The van der Waals surface area contributed by atoms with Crippen molar-refractivity contribution >= 4 is 6.09 Å². The van der Waals surface area contributed by atoms with Gasteiger partial charge in [0.25, 0.3) is 0 Å². The number of amides is 1. The first kappa shape index (κ1) is 12.3. The van der Waals surface area contributed by atoms with Gasteiger partial charge in [-0.3, -0.25) is 0 Å². The normalized spacial score (nSPS) is 27.5. The average Bonchev–Trinajstić information content (AvgIpc) is 2.15. The zero-order valence-corrected chi connectivity index (χ0v) is 9.56. The van der Waals surface area contributed by atoms with Crippen LogP contribution in [0.3, 0.4) is 0 Å². The van der Waals surface area contributed by atoms with Crippen LogP contribution in [0, 0.1) is 5.41 Å². The lowest BCUT2D eigenvalue weighted by atomic mass is 9.83. The highest BCUT2D eigenvalue weighted by Gasteiger charge is 2.34. The first-order valence-corrected chi connectivity index (χ1v) is 5.21. The molecule has 1 amide bonds. The van der Waals surface area contributed by atoms with Crippen LogP contribution in [0.5, 0.6) is 0 Å². The van der Waals surface area contributed by atoms with Crippen LogP contribution < -0.4 is 5.84 Å². The van der Waals surface area contributed by atoms with Gasteiger partial charge in [0, 0.05) is 6.61 Å². The largest absolute Gasteiger partial charge is 0.464 e. The van der Waals surface area contributed by atoms with Crippen LogP contribution in [0.25, 0.3) is 0 Å². The third-order valence-electron chi connectivity index (χ3n) is 2.84. The van der Waals surface area contributed by atoms with E-state index in [0.717, 1.165) is 5.01 Å². The molecule has 1 heterocycles. The Balaban J connectivity index is 2.60. The van der Waals surface area contributed by atoms with E-state index >= 15 is 0 Å². The van der Waals surface area contributed by atoms with E-state index in [2.05, 4.69) is 20.8 Å². The van der Waals surface area contributed by atoms with Gasteiger partial charge >= 0.3 is 6.09 Å². The molecule has 5 heteroatoms. The Hall–Kier alpha value is -0.810. The number of nitrogens with zero attached hydrogens (tertiary/aromatic N) is 1. The molecule has 1 rings (SSSR count). The summed E-state index contributed by atoms with van der Waals surface area (Å²) < 4.78 is 5.63. The summed E-state index contributed by atoms with van der Waals surface area (Å²) in [5, 5.41) is 9.69. The molecule has 0 aliphatic carbocycles. The molecule has 5 nitrogen and oxygen atoms in total. The molecule has 88 valence electrons. The molecule has 0 aromatic rings. The SMILES string of the molecule is CC(C)(C)C1CC(N(N)C(=O)O)CCO1. The summed E-state index contributed by atoms with van der Waals surface area (Å²) >= 11 is 0. The number of hydrogen-bond donors (Lipinski definition) is 2. The Morgan fingerprint density at radius 1 is 1.53 bits per heavy atom. The van der Waals surface area contributed by atoms with Crippen LogP contribution in [0.2, 0.25) is 0 Å². The van der Waals surface area contributed by atoms with Gasteiger partial charge in [-0.1, -0.05) is 20.8 Å². The van der Waals surface area contributed by atoms with Gasteiger partial charge in [0.15, 0.2) is 0 Å². The molecule has 1 aliphatic rings. The number of hydrogen-bond acceptors (Lipinski definition) is 3. The maximum Gasteiger partial charge on any atom is 0.421 e. The Bertz CT molecular complexity index is 237. The Morgan fingerprint density at radius 3 is 2.60 bits per heavy atom. The van der Waals surface area contributed by atoms with E-state index in [1.54, 1.807) is 0 Å². The number of carbonyl (C=O) groups is 1. The molecule has 3 N–H and O–H groups in total. The molecule has 1 aliphatic heterocycles. The smallest absolute Gasteiger partial charge is 0.421 e. The molecule has 0 bridgehead atoms. The molecular weight excluding hydrogens is 196 g/mol. The van der Waals surface area contributed by atoms with Gasteiger partial charge in [0.05, 0.1) is 12.1 Å². The van der Waals surface area contributed by atoms with E-state index < -0.39 is 6.09 Å². The maximum atomic E-state index is 10.7. The fourth-order valence-corrected chi connectivity index (χ4v) is 1.79. The van der Waals surface area contributed by atoms with Gasteiger partial charge < -0.3 is 9.84 Å². The molecular formula is C10H20N2O3. The average molecular weight is 216 g/mol. The highest BCUT2D eigenvalue weighted by Crippen LogP contribution is 2.30. The van der Waals surface area contributed by atoms with E-state index in [0.29, 0.717) is 19.4 Å². The molecule has 0 saturated carbocycles. The van der Waals surface area contributed by atoms with Crippen LogP contribution >= 0.6 is 0 Å². The summed E-state index contributed by atoms with van der Waals surface area (Å²) in [7, 11) is 0. The second-order valence-electron chi connectivity index (χ2n) is 5.09. The lowest BCUT2D eigenvalue weighted by Crippen LogP contribution is -2.51. The van der Waals surface area contributed by atoms with Crippen LogP contribution in [-0.4, -0.2) is 35.0 Å². The van der Waals surface area contributed by atoms with Crippen LogP contribution in [0.1, 0.15) is 33.6 Å². The molecule has 0 aromatic carbocycles. The topological polar surface area (TPSA) is 75.8 Å². The molecule has 1 fully saturated rings. The van der Waals surface area contributed by atoms with Crippen LogP contribution in [0.4, 0.5) is 4.79 Å². The van der Waals surface area contributed by atoms with Gasteiger partial charge in [0.1, 0.15) is 0 Å². The first-order valence-electron chi connectivity index (χ1n) is 5.21. The summed E-state index contributed by atoms with van der Waals surface area (Å²) in [5.41, 5.74) is 0.0258.